The molecule has 0 aliphatic rings. The lowest BCUT2D eigenvalue weighted by Crippen LogP contribution is -1.63. The van der Waals surface area contributed by atoms with Crippen LogP contribution >= 0.6 is 11.3 Å². The van der Waals surface area contributed by atoms with E-state index in [4.69, 9.17) is 10.2 Å². The summed E-state index contributed by atoms with van der Waals surface area (Å²) in [4.78, 5) is 3.78. The number of rotatable bonds is 0. The summed E-state index contributed by atoms with van der Waals surface area (Å²) < 4.78 is 0. The lowest BCUT2D eigenvalue weighted by molar-refractivity contribution is 0.318. The highest BCUT2D eigenvalue weighted by molar-refractivity contribution is 7.11. The number of hydrogen-bond donors (Lipinski definition) is 2. The number of thiazole rings is 1. The molecule has 0 fully saturated rings. The Hall–Kier alpha value is -0.610. The number of aromatic hydroxyl groups is 1. The minimum absolute atomic E-state index is 0.250. The lowest BCUT2D eigenvalue weighted by atomic mass is 10.6. The largest absolute Gasteiger partial charge is 0.498 e. The van der Waals surface area contributed by atoms with E-state index in [1.165, 1.54) is 11.3 Å². The first-order valence-corrected chi connectivity index (χ1v) is 3.80. The van der Waals surface area contributed by atoms with Gasteiger partial charge < -0.3 is 10.2 Å². The third-order valence-corrected chi connectivity index (χ3v) is 1.45. The second kappa shape index (κ2) is 5.20. The van der Waals surface area contributed by atoms with Crippen LogP contribution in [0.2, 0.25) is 0 Å². The Bertz CT molecular complexity index is 160. The van der Waals surface area contributed by atoms with Crippen LogP contribution in [0.3, 0.4) is 0 Å². The van der Waals surface area contributed by atoms with Crippen molar-refractivity contribution in [1.29, 1.82) is 0 Å². The van der Waals surface area contributed by atoms with E-state index in [9.17, 15) is 0 Å². The fourth-order valence-corrected chi connectivity index (χ4v) is 0.830. The van der Waals surface area contributed by atoms with Crippen LogP contribution in [0.5, 0.6) is 5.06 Å². The molecule has 0 radical (unpaired) electrons. The zero-order chi connectivity index (χ0) is 7.98. The molecule has 4 heteroatoms. The molecule has 10 heavy (non-hydrogen) atoms. The predicted molar refractivity (Wildman–Crippen MR) is 41.3 cm³/mol. The van der Waals surface area contributed by atoms with Gasteiger partial charge >= 0.3 is 0 Å². The summed E-state index contributed by atoms with van der Waals surface area (Å²) >= 11 is 1.25. The summed E-state index contributed by atoms with van der Waals surface area (Å²) in [5.41, 5.74) is 2.33. The first-order chi connectivity index (χ1) is 4.72. The van der Waals surface area contributed by atoms with E-state index in [1.807, 2.05) is 0 Å². The zero-order valence-corrected chi connectivity index (χ0v) is 6.85. The first-order valence-electron chi connectivity index (χ1n) is 2.92. The van der Waals surface area contributed by atoms with E-state index in [2.05, 4.69) is 4.98 Å². The summed E-state index contributed by atoms with van der Waals surface area (Å²) in [7, 11) is 0. The van der Waals surface area contributed by atoms with Crippen molar-refractivity contribution in [3.63, 3.8) is 0 Å². The smallest absolute Gasteiger partial charge is 0.194 e. The van der Waals surface area contributed by atoms with Gasteiger partial charge in [0.25, 0.3) is 0 Å². The highest BCUT2D eigenvalue weighted by Crippen LogP contribution is 2.18. The molecule has 1 aromatic heterocycles. The van der Waals surface area contributed by atoms with Crippen LogP contribution in [0.1, 0.15) is 12.6 Å². The Morgan fingerprint density at radius 2 is 2.20 bits per heavy atom. The number of nitrogens with zero attached hydrogens (tertiary/aromatic N) is 1. The van der Waals surface area contributed by atoms with Crippen molar-refractivity contribution in [2.45, 2.75) is 13.8 Å². The molecule has 0 aliphatic heterocycles. The Morgan fingerprint density at radius 3 is 2.30 bits per heavy atom. The van der Waals surface area contributed by atoms with Gasteiger partial charge in [-0.2, -0.15) is 0 Å². The first kappa shape index (κ1) is 9.39. The molecule has 0 unspecified atom stereocenters. The molecule has 0 aromatic carbocycles. The number of aryl methyl sites for hydroxylation is 1. The molecule has 2 N–H and O–H groups in total. The molecule has 58 valence electrons. The molecular formula is C6H11NO2S. The standard InChI is InChI=1S/C4H5NOS.C2H6O/c1-3-4(6)7-2-5-3;1-2-3/h2,6H,1H3;3H,2H2,1H3. The molecule has 0 saturated carbocycles. The topological polar surface area (TPSA) is 53.4 Å². The third kappa shape index (κ3) is 3.42. The van der Waals surface area contributed by atoms with Gasteiger partial charge in [0.15, 0.2) is 5.06 Å². The van der Waals surface area contributed by atoms with E-state index in [-0.39, 0.29) is 6.61 Å². The molecule has 1 aromatic rings. The molecule has 3 nitrogen and oxygen atoms in total. The lowest BCUT2D eigenvalue weighted by Gasteiger charge is -1.77. The normalized spacial score (nSPS) is 8.30. The maximum absolute atomic E-state index is 8.72. The van der Waals surface area contributed by atoms with Crippen molar-refractivity contribution in [2.24, 2.45) is 0 Å². The van der Waals surface area contributed by atoms with Crippen LogP contribution in [0.4, 0.5) is 0 Å². The average Bonchev–Trinajstić information content (AvgIpc) is 2.19. The molecule has 0 saturated heterocycles. The van der Waals surface area contributed by atoms with Gasteiger partial charge in [-0.05, 0) is 13.8 Å². The fraction of sp³-hybridized carbons (Fsp3) is 0.500. The molecule has 0 bridgehead atoms. The average molecular weight is 161 g/mol. The summed E-state index contributed by atoms with van der Waals surface area (Å²) in [6, 6.07) is 0. The number of hydrogen-bond acceptors (Lipinski definition) is 4. The van der Waals surface area contributed by atoms with Crippen LogP contribution in [0.15, 0.2) is 5.51 Å². The van der Waals surface area contributed by atoms with Gasteiger partial charge in [0.05, 0.1) is 11.2 Å². The monoisotopic (exact) mass is 161 g/mol. The molecular weight excluding hydrogens is 150 g/mol. The maximum Gasteiger partial charge on any atom is 0.194 e. The van der Waals surface area contributed by atoms with Gasteiger partial charge in [-0.15, -0.1) is 0 Å². The summed E-state index contributed by atoms with van der Waals surface area (Å²) in [5, 5.41) is 16.6. The number of aliphatic hydroxyl groups excluding tert-OH is 1. The van der Waals surface area contributed by atoms with E-state index < -0.39 is 0 Å². The van der Waals surface area contributed by atoms with Crippen LogP contribution in [-0.4, -0.2) is 21.8 Å². The molecule has 0 atom stereocenters. The van der Waals surface area contributed by atoms with Gasteiger partial charge in [0, 0.05) is 6.61 Å². The Morgan fingerprint density at radius 1 is 1.70 bits per heavy atom. The maximum atomic E-state index is 8.72. The second-order valence-electron chi connectivity index (χ2n) is 1.56. The molecule has 0 spiro atoms. The van der Waals surface area contributed by atoms with Crippen molar-refractivity contribution in [2.75, 3.05) is 6.61 Å². The predicted octanol–water partition coefficient (Wildman–Crippen LogP) is 1.16. The Labute approximate surface area is 64.0 Å². The van der Waals surface area contributed by atoms with Crippen molar-refractivity contribution < 1.29 is 10.2 Å². The van der Waals surface area contributed by atoms with Gasteiger partial charge in [-0.25, -0.2) is 4.98 Å². The second-order valence-corrected chi connectivity index (χ2v) is 2.39. The van der Waals surface area contributed by atoms with Gasteiger partial charge in [0.1, 0.15) is 0 Å². The van der Waals surface area contributed by atoms with Crippen LogP contribution in [0, 0.1) is 6.92 Å². The fourth-order valence-electron chi connectivity index (χ4n) is 0.296. The van der Waals surface area contributed by atoms with Crippen molar-refractivity contribution in [1.82, 2.24) is 4.98 Å². The van der Waals surface area contributed by atoms with E-state index in [0.29, 0.717) is 10.8 Å². The highest BCUT2D eigenvalue weighted by Gasteiger charge is 1.92. The van der Waals surface area contributed by atoms with E-state index in [0.717, 1.165) is 0 Å². The Balaban J connectivity index is 0.000000236. The van der Waals surface area contributed by atoms with Crippen molar-refractivity contribution in [3.8, 4) is 5.06 Å². The highest BCUT2D eigenvalue weighted by atomic mass is 32.1. The van der Waals surface area contributed by atoms with Gasteiger partial charge in [-0.3, -0.25) is 0 Å². The summed E-state index contributed by atoms with van der Waals surface area (Å²) in [5.74, 6) is 0. The molecule has 1 heterocycles. The van der Waals surface area contributed by atoms with E-state index >= 15 is 0 Å². The quantitative estimate of drug-likeness (QED) is 0.600. The minimum atomic E-state index is 0.250. The number of aliphatic hydroxyl groups is 1. The summed E-state index contributed by atoms with van der Waals surface area (Å²) in [6.45, 7) is 3.70. The number of aromatic nitrogens is 1. The van der Waals surface area contributed by atoms with Crippen LogP contribution in [-0.2, 0) is 0 Å². The molecule has 0 amide bonds. The molecule has 0 aliphatic carbocycles. The van der Waals surface area contributed by atoms with Gasteiger partial charge in [-0.1, -0.05) is 11.3 Å². The van der Waals surface area contributed by atoms with E-state index in [1.54, 1.807) is 19.4 Å². The third-order valence-electron chi connectivity index (χ3n) is 0.720. The Kier molecular flexibility index (Phi) is 4.88. The summed E-state index contributed by atoms with van der Waals surface area (Å²) in [6.07, 6.45) is 0. The SMILES string of the molecule is CCO.Cc1ncsc1O. The van der Waals surface area contributed by atoms with Crippen LogP contribution in [0.25, 0.3) is 0 Å². The van der Waals surface area contributed by atoms with Crippen molar-refractivity contribution >= 4 is 11.3 Å². The minimum Gasteiger partial charge on any atom is -0.498 e. The van der Waals surface area contributed by atoms with Crippen molar-refractivity contribution in [3.05, 3.63) is 11.2 Å². The van der Waals surface area contributed by atoms with Gasteiger partial charge in [0.2, 0.25) is 0 Å². The zero-order valence-electron chi connectivity index (χ0n) is 6.03. The molecule has 1 rings (SSSR count). The van der Waals surface area contributed by atoms with Crippen LogP contribution < -0.4 is 0 Å².